The first-order chi connectivity index (χ1) is 20.2. The lowest BCUT2D eigenvalue weighted by molar-refractivity contribution is -0.119. The third kappa shape index (κ3) is 4.40. The van der Waals surface area contributed by atoms with Gasteiger partial charge in [0.25, 0.3) is 5.79 Å². The molecule has 2 aliphatic heterocycles. The molecule has 15 heteroatoms. The van der Waals surface area contributed by atoms with Crippen LogP contribution < -0.4 is 17.8 Å². The van der Waals surface area contributed by atoms with Crippen LogP contribution in [0.15, 0.2) is 97.1 Å². The van der Waals surface area contributed by atoms with E-state index >= 15 is 0 Å². The number of ether oxygens (including phenoxy) is 2. The van der Waals surface area contributed by atoms with E-state index in [1.165, 1.54) is 18.2 Å². The molecule has 0 fully saturated rings. The number of alkyl halides is 6. The van der Waals surface area contributed by atoms with E-state index < -0.39 is 54.9 Å². The van der Waals surface area contributed by atoms with Gasteiger partial charge in [0.05, 0.1) is 0 Å². The highest BCUT2D eigenvalue weighted by molar-refractivity contribution is 7.88. The van der Waals surface area contributed by atoms with Crippen LogP contribution in [0, 0.1) is 0 Å². The minimum atomic E-state index is -6.00. The standard InChI is InChI=1S/C28H16F6O7S2/c29-27(30,31)42(35)40-19-11-13-21-23(15-19)38-26(18-9-5-2-6-10-18)25(21,17-7-3-1-4-8-17)22-14-12-20(16-24(22)39-26)41-43(36,37)28(32,33)34/h1-16H. The van der Waals surface area contributed by atoms with Gasteiger partial charge in [-0.2, -0.15) is 34.8 Å². The molecule has 224 valence electrons. The van der Waals surface area contributed by atoms with Gasteiger partial charge >= 0.3 is 32.2 Å². The van der Waals surface area contributed by atoms with E-state index in [1.807, 2.05) is 0 Å². The fourth-order valence-electron chi connectivity index (χ4n) is 5.37. The average molecular weight is 643 g/mol. The summed E-state index contributed by atoms with van der Waals surface area (Å²) in [4.78, 5) is 0. The molecule has 3 unspecified atom stereocenters. The third-order valence-electron chi connectivity index (χ3n) is 6.93. The zero-order valence-electron chi connectivity index (χ0n) is 21.2. The van der Waals surface area contributed by atoms with Crippen molar-refractivity contribution in [2.45, 2.75) is 22.2 Å². The summed E-state index contributed by atoms with van der Waals surface area (Å²) < 4.78 is 135. The second-order valence-corrected chi connectivity index (χ2v) is 12.0. The SMILES string of the molecule is O=S(Oc1ccc2c(c1)OC1(c3ccccc3)Oc3cc(OS(=O)(=O)C(F)(F)F)ccc3C21c1ccccc1)C(F)(F)F. The Morgan fingerprint density at radius 2 is 1.16 bits per heavy atom. The molecule has 4 aromatic rings. The maximum absolute atomic E-state index is 13.0. The van der Waals surface area contributed by atoms with Crippen LogP contribution in [-0.4, -0.2) is 23.6 Å². The minimum absolute atomic E-state index is 0.00927. The molecule has 2 aliphatic rings. The van der Waals surface area contributed by atoms with Crippen molar-refractivity contribution in [1.29, 1.82) is 0 Å². The summed E-state index contributed by atoms with van der Waals surface area (Å²) in [6, 6.07) is 24.0. The van der Waals surface area contributed by atoms with Crippen molar-refractivity contribution in [3.05, 3.63) is 119 Å². The van der Waals surface area contributed by atoms with Gasteiger partial charge in [-0.3, -0.25) is 0 Å². The summed E-state index contributed by atoms with van der Waals surface area (Å²) in [7, 11) is -6.00. The first kappa shape index (κ1) is 28.9. The Morgan fingerprint density at radius 1 is 0.674 bits per heavy atom. The maximum Gasteiger partial charge on any atom is 0.534 e. The Bertz CT molecular complexity index is 1850. The van der Waals surface area contributed by atoms with Gasteiger partial charge in [0.2, 0.25) is 0 Å². The molecule has 2 heterocycles. The number of halogens is 6. The lowest BCUT2D eigenvalue weighted by atomic mass is 9.64. The van der Waals surface area contributed by atoms with E-state index in [9.17, 15) is 39.0 Å². The van der Waals surface area contributed by atoms with Crippen molar-refractivity contribution >= 4 is 21.2 Å². The van der Waals surface area contributed by atoms with Crippen LogP contribution in [-0.2, 0) is 32.4 Å². The lowest BCUT2D eigenvalue weighted by Crippen LogP contribution is -2.50. The molecule has 0 saturated carbocycles. The number of hydrogen-bond donors (Lipinski definition) is 0. The Labute approximate surface area is 242 Å². The third-order valence-corrected chi connectivity index (χ3v) is 8.63. The quantitative estimate of drug-likeness (QED) is 0.136. The summed E-state index contributed by atoms with van der Waals surface area (Å²) in [5.41, 5.74) is -10.6. The van der Waals surface area contributed by atoms with Gasteiger partial charge < -0.3 is 17.8 Å². The Morgan fingerprint density at radius 3 is 1.67 bits per heavy atom. The predicted octanol–water partition coefficient (Wildman–Crippen LogP) is 6.45. The van der Waals surface area contributed by atoms with Crippen LogP contribution in [0.3, 0.4) is 0 Å². The van der Waals surface area contributed by atoms with Gasteiger partial charge in [0.15, 0.2) is 0 Å². The van der Waals surface area contributed by atoms with Crippen LogP contribution in [0.25, 0.3) is 0 Å². The molecule has 0 spiro atoms. The highest BCUT2D eigenvalue weighted by Crippen LogP contribution is 2.67. The number of benzene rings is 4. The van der Waals surface area contributed by atoms with Crippen molar-refractivity contribution in [3.8, 4) is 23.0 Å². The molecule has 43 heavy (non-hydrogen) atoms. The highest BCUT2D eigenvalue weighted by Gasteiger charge is 2.70. The molecule has 0 bridgehead atoms. The van der Waals surface area contributed by atoms with Crippen LogP contribution >= 0.6 is 0 Å². The zero-order valence-corrected chi connectivity index (χ0v) is 22.8. The van der Waals surface area contributed by atoms with E-state index in [2.05, 4.69) is 8.37 Å². The number of rotatable bonds is 6. The molecule has 4 aromatic carbocycles. The van der Waals surface area contributed by atoms with E-state index in [-0.39, 0.29) is 11.5 Å². The first-order valence-corrected chi connectivity index (χ1v) is 14.6. The fraction of sp³-hybridized carbons (Fsp3) is 0.143. The second-order valence-electron chi connectivity index (χ2n) is 9.37. The van der Waals surface area contributed by atoms with Crippen LogP contribution in [0.1, 0.15) is 22.3 Å². The molecule has 7 nitrogen and oxygen atoms in total. The second kappa shape index (κ2) is 9.64. The molecular formula is C28H16F6O7S2. The Hall–Kier alpha value is -4.24. The molecule has 0 amide bonds. The largest absolute Gasteiger partial charge is 0.534 e. The van der Waals surface area contributed by atoms with Crippen molar-refractivity contribution in [2.75, 3.05) is 0 Å². The summed E-state index contributed by atoms with van der Waals surface area (Å²) in [5.74, 6) is -3.01. The molecule has 0 aromatic heterocycles. The van der Waals surface area contributed by atoms with Crippen LogP contribution in [0.5, 0.6) is 23.0 Å². The number of fused-ring (bicyclic) bond motifs is 5. The van der Waals surface area contributed by atoms with Crippen molar-refractivity contribution in [3.63, 3.8) is 0 Å². The van der Waals surface area contributed by atoms with E-state index in [1.54, 1.807) is 60.7 Å². The first-order valence-electron chi connectivity index (χ1n) is 12.1. The predicted molar refractivity (Wildman–Crippen MR) is 139 cm³/mol. The summed E-state index contributed by atoms with van der Waals surface area (Å²) in [5, 5.41) is 0. The van der Waals surface area contributed by atoms with Gasteiger partial charge in [0, 0.05) is 28.8 Å². The Kier molecular flexibility index (Phi) is 6.47. The summed E-state index contributed by atoms with van der Waals surface area (Å²) >= 11 is -3.67. The summed E-state index contributed by atoms with van der Waals surface area (Å²) in [6.45, 7) is 0. The smallest absolute Gasteiger partial charge is 0.446 e. The van der Waals surface area contributed by atoms with Gasteiger partial charge in [0.1, 0.15) is 28.4 Å². The van der Waals surface area contributed by atoms with E-state index in [4.69, 9.17) is 9.47 Å². The van der Waals surface area contributed by atoms with Crippen molar-refractivity contribution < 1.29 is 56.8 Å². The van der Waals surface area contributed by atoms with Gasteiger partial charge in [-0.05, 0) is 17.7 Å². The summed E-state index contributed by atoms with van der Waals surface area (Å²) in [6.07, 6.45) is 0. The maximum atomic E-state index is 13.0. The molecular weight excluding hydrogens is 626 g/mol. The average Bonchev–Trinajstić information content (AvgIpc) is 3.39. The van der Waals surface area contributed by atoms with Gasteiger partial charge in [-0.1, -0.05) is 72.8 Å². The molecule has 0 N–H and O–H groups in total. The van der Waals surface area contributed by atoms with E-state index in [0.717, 1.165) is 18.2 Å². The monoisotopic (exact) mass is 642 g/mol. The molecule has 0 saturated heterocycles. The van der Waals surface area contributed by atoms with Gasteiger partial charge in [-0.25, -0.2) is 4.21 Å². The van der Waals surface area contributed by atoms with Gasteiger partial charge in [-0.15, -0.1) is 0 Å². The molecule has 6 rings (SSSR count). The van der Waals surface area contributed by atoms with E-state index in [0.29, 0.717) is 22.3 Å². The molecule has 0 radical (unpaired) electrons. The van der Waals surface area contributed by atoms with Crippen LogP contribution in [0.2, 0.25) is 0 Å². The fourth-order valence-corrected chi connectivity index (χ4v) is 6.19. The highest BCUT2D eigenvalue weighted by atomic mass is 32.2. The van der Waals surface area contributed by atoms with Crippen LogP contribution in [0.4, 0.5) is 26.3 Å². The lowest BCUT2D eigenvalue weighted by Gasteiger charge is -2.38. The molecule has 3 atom stereocenters. The zero-order chi connectivity index (χ0) is 30.8. The minimum Gasteiger partial charge on any atom is -0.446 e. The molecule has 0 aliphatic carbocycles. The normalized spacial score (nSPS) is 21.5. The topological polar surface area (TPSA) is 88.1 Å². The van der Waals surface area contributed by atoms with Crippen molar-refractivity contribution in [2.24, 2.45) is 0 Å². The van der Waals surface area contributed by atoms with Crippen molar-refractivity contribution in [1.82, 2.24) is 0 Å². The number of hydrogen-bond acceptors (Lipinski definition) is 7. The Balaban J connectivity index is 1.59.